The standard InChI is InChI=1S/C15H13FN2O/c1-11-4-2-6-13(8-11)15(19)18-17-10-12-5-3-7-14(16)9-12/h2-10H,1H3,(H,18,19). The Morgan fingerprint density at radius 2 is 2.00 bits per heavy atom. The number of benzene rings is 2. The number of hydrogen-bond donors (Lipinski definition) is 1. The zero-order valence-corrected chi connectivity index (χ0v) is 10.4. The van der Waals surface area contributed by atoms with Crippen molar-refractivity contribution in [2.45, 2.75) is 6.92 Å². The summed E-state index contributed by atoms with van der Waals surface area (Å²) in [6.07, 6.45) is 1.40. The monoisotopic (exact) mass is 256 g/mol. The highest BCUT2D eigenvalue weighted by Gasteiger charge is 2.03. The summed E-state index contributed by atoms with van der Waals surface area (Å²) in [7, 11) is 0. The van der Waals surface area contributed by atoms with E-state index < -0.39 is 0 Å². The summed E-state index contributed by atoms with van der Waals surface area (Å²) in [5.74, 6) is -0.634. The van der Waals surface area contributed by atoms with E-state index >= 15 is 0 Å². The van der Waals surface area contributed by atoms with E-state index in [9.17, 15) is 9.18 Å². The van der Waals surface area contributed by atoms with Gasteiger partial charge in [-0.2, -0.15) is 5.10 Å². The van der Waals surface area contributed by atoms with Crippen molar-refractivity contribution in [3.8, 4) is 0 Å². The van der Waals surface area contributed by atoms with Crippen LogP contribution < -0.4 is 5.43 Å². The van der Waals surface area contributed by atoms with Crippen molar-refractivity contribution in [2.75, 3.05) is 0 Å². The van der Waals surface area contributed by atoms with Gasteiger partial charge < -0.3 is 0 Å². The number of hydrazone groups is 1. The van der Waals surface area contributed by atoms with Gasteiger partial charge in [-0.25, -0.2) is 9.82 Å². The van der Waals surface area contributed by atoms with Crippen molar-refractivity contribution < 1.29 is 9.18 Å². The van der Waals surface area contributed by atoms with Crippen LogP contribution in [0.3, 0.4) is 0 Å². The Morgan fingerprint density at radius 3 is 2.74 bits per heavy atom. The van der Waals surface area contributed by atoms with Crippen LogP contribution in [0, 0.1) is 12.7 Å². The molecule has 0 fully saturated rings. The number of rotatable bonds is 3. The van der Waals surface area contributed by atoms with Crippen LogP contribution in [-0.2, 0) is 0 Å². The Balaban J connectivity index is 2.01. The molecule has 0 bridgehead atoms. The number of amides is 1. The summed E-state index contributed by atoms with van der Waals surface area (Å²) in [6.45, 7) is 1.91. The van der Waals surface area contributed by atoms with Crippen LogP contribution in [0.4, 0.5) is 4.39 Å². The van der Waals surface area contributed by atoms with E-state index in [2.05, 4.69) is 10.5 Å². The van der Waals surface area contributed by atoms with Gasteiger partial charge in [0.05, 0.1) is 6.21 Å². The van der Waals surface area contributed by atoms with Crippen molar-refractivity contribution in [1.82, 2.24) is 5.43 Å². The average molecular weight is 256 g/mol. The molecule has 0 aliphatic heterocycles. The molecule has 0 aliphatic carbocycles. The molecule has 1 amide bonds. The van der Waals surface area contributed by atoms with Gasteiger partial charge >= 0.3 is 0 Å². The topological polar surface area (TPSA) is 41.5 Å². The van der Waals surface area contributed by atoms with Crippen LogP contribution >= 0.6 is 0 Å². The minimum absolute atomic E-state index is 0.295. The summed E-state index contributed by atoms with van der Waals surface area (Å²) < 4.78 is 12.9. The van der Waals surface area contributed by atoms with E-state index in [4.69, 9.17) is 0 Å². The predicted molar refractivity (Wildman–Crippen MR) is 72.6 cm³/mol. The highest BCUT2D eigenvalue weighted by atomic mass is 19.1. The highest BCUT2D eigenvalue weighted by Crippen LogP contribution is 2.04. The summed E-state index contributed by atoms with van der Waals surface area (Å²) in [5, 5.41) is 3.80. The molecule has 0 unspecified atom stereocenters. The van der Waals surface area contributed by atoms with Crippen molar-refractivity contribution in [3.63, 3.8) is 0 Å². The lowest BCUT2D eigenvalue weighted by Gasteiger charge is -2.00. The van der Waals surface area contributed by atoms with Gasteiger partial charge in [-0.3, -0.25) is 4.79 Å². The molecule has 0 spiro atoms. The summed E-state index contributed by atoms with van der Waals surface area (Å²) in [4.78, 5) is 11.8. The normalized spacial score (nSPS) is 10.6. The van der Waals surface area contributed by atoms with Crippen LogP contribution in [0.5, 0.6) is 0 Å². The molecule has 2 aromatic carbocycles. The second kappa shape index (κ2) is 5.91. The van der Waals surface area contributed by atoms with Crippen LogP contribution in [0.2, 0.25) is 0 Å². The van der Waals surface area contributed by atoms with Gasteiger partial charge in [0.15, 0.2) is 0 Å². The first-order valence-corrected chi connectivity index (χ1v) is 5.81. The molecule has 0 saturated carbocycles. The quantitative estimate of drug-likeness (QED) is 0.665. The number of hydrogen-bond acceptors (Lipinski definition) is 2. The van der Waals surface area contributed by atoms with E-state index in [0.717, 1.165) is 5.56 Å². The Bertz CT molecular complexity index is 623. The highest BCUT2D eigenvalue weighted by molar-refractivity contribution is 5.95. The minimum Gasteiger partial charge on any atom is -0.267 e. The smallest absolute Gasteiger partial charge is 0.267 e. The first kappa shape index (κ1) is 13.0. The molecule has 0 aliphatic rings. The van der Waals surface area contributed by atoms with E-state index in [1.54, 1.807) is 30.3 Å². The third kappa shape index (κ3) is 3.74. The Kier molecular flexibility index (Phi) is 4.03. The third-order valence-electron chi connectivity index (χ3n) is 2.51. The first-order valence-electron chi connectivity index (χ1n) is 5.81. The largest absolute Gasteiger partial charge is 0.271 e. The average Bonchev–Trinajstić information content (AvgIpc) is 2.38. The Hall–Kier alpha value is -2.49. The molecule has 0 saturated heterocycles. The fourth-order valence-corrected chi connectivity index (χ4v) is 1.60. The van der Waals surface area contributed by atoms with Gasteiger partial charge in [-0.15, -0.1) is 0 Å². The Labute approximate surface area is 110 Å². The summed E-state index contributed by atoms with van der Waals surface area (Å²) >= 11 is 0. The molecule has 0 radical (unpaired) electrons. The van der Waals surface area contributed by atoms with Crippen LogP contribution in [0.15, 0.2) is 53.6 Å². The molecular weight excluding hydrogens is 243 g/mol. The van der Waals surface area contributed by atoms with Gasteiger partial charge in [0.25, 0.3) is 5.91 Å². The predicted octanol–water partition coefficient (Wildman–Crippen LogP) is 2.90. The maximum Gasteiger partial charge on any atom is 0.271 e. The zero-order valence-electron chi connectivity index (χ0n) is 10.4. The lowest BCUT2D eigenvalue weighted by molar-refractivity contribution is 0.0955. The van der Waals surface area contributed by atoms with Crippen LogP contribution in [-0.4, -0.2) is 12.1 Å². The summed E-state index contributed by atoms with van der Waals surface area (Å²) in [6, 6.07) is 13.2. The maximum absolute atomic E-state index is 12.9. The van der Waals surface area contributed by atoms with E-state index in [-0.39, 0.29) is 11.7 Å². The number of nitrogens with zero attached hydrogens (tertiary/aromatic N) is 1. The van der Waals surface area contributed by atoms with Gasteiger partial charge in [-0.05, 0) is 36.8 Å². The first-order chi connectivity index (χ1) is 9.15. The van der Waals surface area contributed by atoms with Crippen molar-refractivity contribution >= 4 is 12.1 Å². The Morgan fingerprint density at radius 1 is 1.21 bits per heavy atom. The number of halogens is 1. The second-order valence-corrected chi connectivity index (χ2v) is 4.12. The fourth-order valence-electron chi connectivity index (χ4n) is 1.60. The fraction of sp³-hybridized carbons (Fsp3) is 0.0667. The van der Waals surface area contributed by atoms with Crippen LogP contribution in [0.1, 0.15) is 21.5 Å². The van der Waals surface area contributed by atoms with E-state index in [1.807, 2.05) is 13.0 Å². The van der Waals surface area contributed by atoms with E-state index in [0.29, 0.717) is 11.1 Å². The van der Waals surface area contributed by atoms with Gasteiger partial charge in [-0.1, -0.05) is 29.8 Å². The van der Waals surface area contributed by atoms with Gasteiger partial charge in [0.1, 0.15) is 5.82 Å². The van der Waals surface area contributed by atoms with Crippen molar-refractivity contribution in [2.24, 2.45) is 5.10 Å². The maximum atomic E-state index is 12.9. The van der Waals surface area contributed by atoms with Crippen molar-refractivity contribution in [3.05, 3.63) is 71.0 Å². The summed E-state index contributed by atoms with van der Waals surface area (Å²) in [5.41, 5.74) is 4.53. The zero-order chi connectivity index (χ0) is 13.7. The molecule has 0 atom stereocenters. The molecule has 96 valence electrons. The SMILES string of the molecule is Cc1cccc(C(=O)NN=Cc2cccc(F)c2)c1. The molecule has 2 aromatic rings. The molecular formula is C15H13FN2O. The lowest BCUT2D eigenvalue weighted by Crippen LogP contribution is -2.17. The second-order valence-electron chi connectivity index (χ2n) is 4.12. The molecule has 3 nitrogen and oxygen atoms in total. The van der Waals surface area contributed by atoms with E-state index in [1.165, 1.54) is 18.3 Å². The minimum atomic E-state index is -0.339. The number of nitrogens with one attached hydrogen (secondary N) is 1. The third-order valence-corrected chi connectivity index (χ3v) is 2.51. The van der Waals surface area contributed by atoms with Crippen LogP contribution in [0.25, 0.3) is 0 Å². The molecule has 19 heavy (non-hydrogen) atoms. The molecule has 0 aromatic heterocycles. The van der Waals surface area contributed by atoms with Gasteiger partial charge in [0.2, 0.25) is 0 Å². The molecule has 1 N–H and O–H groups in total. The van der Waals surface area contributed by atoms with Crippen molar-refractivity contribution in [1.29, 1.82) is 0 Å². The molecule has 2 rings (SSSR count). The number of aryl methyl sites for hydroxylation is 1. The molecule has 0 heterocycles. The number of carbonyl (C=O) groups is 1. The number of carbonyl (C=O) groups excluding carboxylic acids is 1. The molecule has 4 heteroatoms. The van der Waals surface area contributed by atoms with Gasteiger partial charge in [0, 0.05) is 5.56 Å². The lowest BCUT2D eigenvalue weighted by atomic mass is 10.1.